The predicted octanol–water partition coefficient (Wildman–Crippen LogP) is 2.40. The normalized spacial score (nSPS) is 8.00. The van der Waals surface area contributed by atoms with E-state index >= 15 is 0 Å². The van der Waals surface area contributed by atoms with E-state index in [9.17, 15) is 9.59 Å². The van der Waals surface area contributed by atoms with Gasteiger partial charge in [-0.25, -0.2) is 9.59 Å². The molecule has 0 amide bonds. The van der Waals surface area contributed by atoms with E-state index in [0.717, 1.165) is 0 Å². The van der Waals surface area contributed by atoms with Crippen molar-refractivity contribution in [3.05, 3.63) is 60.2 Å². The molecular formula is C12H12Cl2N2O4. The lowest BCUT2D eigenvalue weighted by Crippen LogP contribution is -1.94. The number of carboxylic acid groups (broad SMARTS) is 2. The first-order valence-electron chi connectivity index (χ1n) is 4.88. The Kier molecular flexibility index (Phi) is 10.8. The lowest BCUT2D eigenvalue weighted by atomic mass is 10.3. The fourth-order valence-corrected chi connectivity index (χ4v) is 0.979. The van der Waals surface area contributed by atoms with Crippen molar-refractivity contribution in [3.8, 4) is 0 Å². The van der Waals surface area contributed by atoms with Crippen LogP contribution in [-0.2, 0) is 0 Å². The zero-order valence-electron chi connectivity index (χ0n) is 10.0. The Bertz CT molecular complexity index is 474. The highest BCUT2D eigenvalue weighted by Crippen LogP contribution is 1.93. The third-order valence-corrected chi connectivity index (χ3v) is 1.82. The van der Waals surface area contributed by atoms with E-state index in [1.807, 2.05) is 0 Å². The number of carbonyl (C=O) groups is 2. The van der Waals surface area contributed by atoms with Crippen LogP contribution in [-0.4, -0.2) is 32.1 Å². The quantitative estimate of drug-likeness (QED) is 0.881. The van der Waals surface area contributed by atoms with Gasteiger partial charge in [-0.1, -0.05) is 0 Å². The summed E-state index contributed by atoms with van der Waals surface area (Å²) in [4.78, 5) is 27.6. The van der Waals surface area contributed by atoms with Crippen LogP contribution >= 0.6 is 24.8 Å². The summed E-state index contributed by atoms with van der Waals surface area (Å²) in [5.41, 5.74) is 0.440. The van der Waals surface area contributed by atoms with Crippen molar-refractivity contribution in [2.24, 2.45) is 0 Å². The Hall–Kier alpha value is -2.18. The SMILES string of the molecule is Cl.Cl.O=C(O)c1cccnc1.O=C(O)c1cccnc1. The molecule has 8 heteroatoms. The molecule has 0 unspecified atom stereocenters. The second-order valence-corrected chi connectivity index (χ2v) is 3.09. The summed E-state index contributed by atoms with van der Waals surface area (Å²) in [5, 5.41) is 16.7. The van der Waals surface area contributed by atoms with Crippen LogP contribution in [0.15, 0.2) is 49.1 Å². The first-order valence-corrected chi connectivity index (χ1v) is 4.88. The molecule has 0 bridgehead atoms. The van der Waals surface area contributed by atoms with E-state index in [1.54, 1.807) is 12.1 Å². The lowest BCUT2D eigenvalue weighted by Gasteiger charge is -1.87. The molecule has 2 heterocycles. The maximum atomic E-state index is 10.2. The van der Waals surface area contributed by atoms with Crippen LogP contribution in [0.5, 0.6) is 0 Å². The number of nitrogens with zero attached hydrogens (tertiary/aromatic N) is 2. The fraction of sp³-hybridized carbons (Fsp3) is 0. The summed E-state index contributed by atoms with van der Waals surface area (Å²) in [6.45, 7) is 0. The van der Waals surface area contributed by atoms with Crippen molar-refractivity contribution in [1.29, 1.82) is 0 Å². The van der Waals surface area contributed by atoms with Crippen LogP contribution in [0.1, 0.15) is 20.7 Å². The first kappa shape index (κ1) is 20.1. The Morgan fingerprint density at radius 2 is 1.15 bits per heavy atom. The molecule has 0 radical (unpaired) electrons. The van der Waals surface area contributed by atoms with E-state index in [-0.39, 0.29) is 35.9 Å². The molecule has 2 rings (SSSR count). The van der Waals surface area contributed by atoms with Crippen LogP contribution in [0.4, 0.5) is 0 Å². The van der Waals surface area contributed by atoms with E-state index in [4.69, 9.17) is 10.2 Å². The molecule has 0 spiro atoms. The summed E-state index contributed by atoms with van der Waals surface area (Å²) in [6, 6.07) is 6.16. The van der Waals surface area contributed by atoms with Gasteiger partial charge in [-0.3, -0.25) is 9.97 Å². The molecule has 2 aromatic heterocycles. The maximum Gasteiger partial charge on any atom is 0.337 e. The first-order chi connectivity index (χ1) is 8.61. The van der Waals surface area contributed by atoms with Crippen molar-refractivity contribution in [2.45, 2.75) is 0 Å². The van der Waals surface area contributed by atoms with Crippen molar-refractivity contribution in [1.82, 2.24) is 9.97 Å². The molecule has 0 saturated heterocycles. The molecule has 0 aliphatic heterocycles. The number of carboxylic acids is 2. The van der Waals surface area contributed by atoms with E-state index in [0.29, 0.717) is 0 Å². The third kappa shape index (κ3) is 7.30. The van der Waals surface area contributed by atoms with Gasteiger partial charge in [-0.15, -0.1) is 24.8 Å². The van der Waals surface area contributed by atoms with Gasteiger partial charge in [-0.05, 0) is 24.3 Å². The topological polar surface area (TPSA) is 100 Å². The number of rotatable bonds is 2. The summed E-state index contributed by atoms with van der Waals surface area (Å²) >= 11 is 0. The second-order valence-electron chi connectivity index (χ2n) is 3.09. The van der Waals surface area contributed by atoms with Gasteiger partial charge in [0.15, 0.2) is 0 Å². The number of halogens is 2. The number of aromatic carboxylic acids is 2. The molecule has 108 valence electrons. The molecule has 2 aromatic rings. The fourth-order valence-electron chi connectivity index (χ4n) is 0.979. The summed E-state index contributed by atoms with van der Waals surface area (Å²) < 4.78 is 0. The summed E-state index contributed by atoms with van der Waals surface area (Å²) in [5.74, 6) is -1.88. The van der Waals surface area contributed by atoms with Gasteiger partial charge in [0.05, 0.1) is 11.1 Å². The molecule has 0 aromatic carbocycles. The van der Waals surface area contributed by atoms with Crippen LogP contribution in [0.2, 0.25) is 0 Å². The molecule has 2 N–H and O–H groups in total. The number of aromatic nitrogens is 2. The molecule has 0 saturated carbocycles. The van der Waals surface area contributed by atoms with Crippen molar-refractivity contribution in [3.63, 3.8) is 0 Å². The Labute approximate surface area is 127 Å². The van der Waals surface area contributed by atoms with Gasteiger partial charge in [0, 0.05) is 24.8 Å². The molecule has 0 aliphatic rings. The minimum atomic E-state index is -0.942. The van der Waals surface area contributed by atoms with Crippen LogP contribution in [0, 0.1) is 0 Å². The average Bonchev–Trinajstić information content (AvgIpc) is 2.41. The zero-order valence-corrected chi connectivity index (χ0v) is 11.7. The number of hydrogen-bond acceptors (Lipinski definition) is 4. The minimum Gasteiger partial charge on any atom is -0.478 e. The van der Waals surface area contributed by atoms with Crippen molar-refractivity contribution < 1.29 is 19.8 Å². The van der Waals surface area contributed by atoms with Crippen molar-refractivity contribution >= 4 is 36.8 Å². The van der Waals surface area contributed by atoms with Gasteiger partial charge in [-0.2, -0.15) is 0 Å². The highest BCUT2D eigenvalue weighted by molar-refractivity contribution is 5.87. The monoisotopic (exact) mass is 318 g/mol. The maximum absolute atomic E-state index is 10.2. The van der Waals surface area contributed by atoms with Gasteiger partial charge >= 0.3 is 11.9 Å². The van der Waals surface area contributed by atoms with E-state index in [1.165, 1.54) is 36.9 Å². The van der Waals surface area contributed by atoms with Crippen molar-refractivity contribution in [2.75, 3.05) is 0 Å². The molecule has 20 heavy (non-hydrogen) atoms. The average molecular weight is 319 g/mol. The van der Waals surface area contributed by atoms with Gasteiger partial charge in [0.1, 0.15) is 0 Å². The smallest absolute Gasteiger partial charge is 0.337 e. The standard InChI is InChI=1S/2C6H5NO2.2ClH/c2*8-6(9)5-2-1-3-7-4-5;;/h2*1-4H,(H,8,9);2*1H. The lowest BCUT2D eigenvalue weighted by molar-refractivity contribution is 0.0685. The van der Waals surface area contributed by atoms with Gasteiger partial charge in [0.2, 0.25) is 0 Å². The Balaban J connectivity index is 0. The Morgan fingerprint density at radius 1 is 0.800 bits per heavy atom. The Morgan fingerprint density at radius 3 is 1.30 bits per heavy atom. The highest BCUT2D eigenvalue weighted by atomic mass is 35.5. The zero-order chi connectivity index (χ0) is 13.4. The van der Waals surface area contributed by atoms with E-state index < -0.39 is 11.9 Å². The second kappa shape index (κ2) is 10.7. The third-order valence-electron chi connectivity index (χ3n) is 1.82. The number of hydrogen-bond donors (Lipinski definition) is 2. The number of pyridine rings is 2. The van der Waals surface area contributed by atoms with Gasteiger partial charge < -0.3 is 10.2 Å². The summed E-state index contributed by atoms with van der Waals surface area (Å²) in [6.07, 6.45) is 5.68. The molecule has 0 atom stereocenters. The van der Waals surface area contributed by atoms with Crippen LogP contribution in [0.25, 0.3) is 0 Å². The minimum absolute atomic E-state index is 0. The van der Waals surface area contributed by atoms with Gasteiger partial charge in [0.25, 0.3) is 0 Å². The largest absolute Gasteiger partial charge is 0.478 e. The van der Waals surface area contributed by atoms with Crippen LogP contribution < -0.4 is 0 Å². The summed E-state index contributed by atoms with van der Waals surface area (Å²) in [7, 11) is 0. The molecular weight excluding hydrogens is 307 g/mol. The molecule has 0 fully saturated rings. The molecule has 0 aliphatic carbocycles. The molecule has 6 nitrogen and oxygen atoms in total. The van der Waals surface area contributed by atoms with Crippen LogP contribution in [0.3, 0.4) is 0 Å². The highest BCUT2D eigenvalue weighted by Gasteiger charge is 1.98. The predicted molar refractivity (Wildman–Crippen MR) is 76.9 cm³/mol. The van der Waals surface area contributed by atoms with E-state index in [2.05, 4.69) is 9.97 Å².